The lowest BCUT2D eigenvalue weighted by molar-refractivity contribution is -0.0110. The number of morpholine rings is 1. The molecule has 1 aliphatic heterocycles. The Balaban J connectivity index is 2.01. The minimum Gasteiger partial charge on any atom is -0.373 e. The van der Waals surface area contributed by atoms with Crippen molar-refractivity contribution >= 4 is 27.5 Å². The van der Waals surface area contributed by atoms with E-state index in [1.54, 1.807) is 17.5 Å². The summed E-state index contributed by atoms with van der Waals surface area (Å²) < 4.78 is 38.8. The number of rotatable bonds is 3. The Kier molecular flexibility index (Phi) is 3.98. The molecule has 2 heterocycles. The molecule has 0 saturated carbocycles. The first kappa shape index (κ1) is 13.4. The Morgan fingerprint density at radius 2 is 2.39 bits per heavy atom. The number of ether oxygens (including phenoxy) is 1. The minimum atomic E-state index is -4.59. The second kappa shape index (κ2) is 5.33. The number of carbonyl (C=O) groups excluding carboxylic acids is 1. The van der Waals surface area contributed by atoms with Gasteiger partial charge in [-0.3, -0.25) is 4.79 Å². The third-order valence-electron chi connectivity index (χ3n) is 2.54. The zero-order valence-corrected chi connectivity index (χ0v) is 11.0. The second-order valence-corrected chi connectivity index (χ2v) is 6.29. The van der Waals surface area contributed by atoms with Gasteiger partial charge >= 0.3 is 10.2 Å². The molecule has 1 saturated heterocycles. The highest BCUT2D eigenvalue weighted by atomic mass is 32.3. The molecule has 2 rings (SSSR count). The van der Waals surface area contributed by atoms with Crippen LogP contribution in [0.1, 0.15) is 9.67 Å². The molecular weight excluding hydrogens is 281 g/mol. The molecule has 1 atom stereocenters. The van der Waals surface area contributed by atoms with Crippen LogP contribution < -0.4 is 0 Å². The molecule has 100 valence electrons. The Labute approximate surface area is 108 Å². The monoisotopic (exact) mass is 293 g/mol. The normalized spacial score (nSPS) is 20.9. The minimum absolute atomic E-state index is 0.0971. The maximum Gasteiger partial charge on any atom is 0.305 e. The largest absolute Gasteiger partial charge is 0.373 e. The van der Waals surface area contributed by atoms with Crippen molar-refractivity contribution in [2.45, 2.75) is 6.10 Å². The van der Waals surface area contributed by atoms with Gasteiger partial charge < -0.3 is 9.64 Å². The molecule has 1 aromatic heterocycles. The van der Waals surface area contributed by atoms with E-state index >= 15 is 0 Å². The molecule has 18 heavy (non-hydrogen) atoms. The number of hydrogen-bond donors (Lipinski definition) is 0. The van der Waals surface area contributed by atoms with Crippen LogP contribution in [0.4, 0.5) is 3.89 Å². The lowest BCUT2D eigenvalue weighted by Gasteiger charge is -2.31. The fourth-order valence-electron chi connectivity index (χ4n) is 1.78. The molecule has 0 N–H and O–H groups in total. The van der Waals surface area contributed by atoms with Gasteiger partial charge in [-0.25, -0.2) is 0 Å². The highest BCUT2D eigenvalue weighted by Gasteiger charge is 2.28. The standard InChI is InChI=1S/C10H12FNO4S2/c11-18(14,15)7-8-6-12(3-4-16-8)10(13)9-2-1-5-17-9/h1-2,5,8H,3-4,6-7H2. The van der Waals surface area contributed by atoms with E-state index in [9.17, 15) is 17.1 Å². The Hall–Kier alpha value is -0.990. The SMILES string of the molecule is O=C(c1cccs1)N1CCOC(CS(=O)(=O)F)C1. The van der Waals surface area contributed by atoms with Gasteiger partial charge in [-0.15, -0.1) is 15.2 Å². The van der Waals surface area contributed by atoms with Crippen molar-refractivity contribution in [3.05, 3.63) is 22.4 Å². The molecule has 1 aromatic rings. The zero-order chi connectivity index (χ0) is 13.2. The van der Waals surface area contributed by atoms with E-state index < -0.39 is 22.1 Å². The van der Waals surface area contributed by atoms with Crippen molar-refractivity contribution in [1.82, 2.24) is 4.90 Å². The zero-order valence-electron chi connectivity index (χ0n) is 9.41. The smallest absolute Gasteiger partial charge is 0.305 e. The third kappa shape index (κ3) is 3.50. The lowest BCUT2D eigenvalue weighted by Crippen LogP contribution is -2.47. The van der Waals surface area contributed by atoms with Crippen LogP contribution in [-0.4, -0.2) is 50.8 Å². The summed E-state index contributed by atoms with van der Waals surface area (Å²) in [6.07, 6.45) is -0.794. The summed E-state index contributed by atoms with van der Waals surface area (Å²) in [6.45, 7) is 0.705. The van der Waals surface area contributed by atoms with Crippen LogP contribution in [0.3, 0.4) is 0 Å². The number of halogens is 1. The summed E-state index contributed by atoms with van der Waals surface area (Å²) in [7, 11) is -4.59. The van der Waals surface area contributed by atoms with Gasteiger partial charge in [-0.05, 0) is 11.4 Å². The van der Waals surface area contributed by atoms with Crippen molar-refractivity contribution in [1.29, 1.82) is 0 Å². The van der Waals surface area contributed by atoms with Crippen LogP contribution in [0.25, 0.3) is 0 Å². The Morgan fingerprint density at radius 1 is 1.61 bits per heavy atom. The van der Waals surface area contributed by atoms with Crippen LogP contribution in [0.5, 0.6) is 0 Å². The molecule has 0 bridgehead atoms. The summed E-state index contributed by atoms with van der Waals surface area (Å²) in [4.78, 5) is 14.1. The molecule has 1 amide bonds. The fourth-order valence-corrected chi connectivity index (χ4v) is 3.12. The van der Waals surface area contributed by atoms with Crippen LogP contribution >= 0.6 is 11.3 Å². The predicted molar refractivity (Wildman–Crippen MR) is 64.9 cm³/mol. The predicted octanol–water partition coefficient (Wildman–Crippen LogP) is 0.888. The number of carbonyl (C=O) groups is 1. The summed E-state index contributed by atoms with van der Waals surface area (Å²) in [5.74, 6) is -0.879. The molecule has 5 nitrogen and oxygen atoms in total. The Morgan fingerprint density at radius 3 is 3.00 bits per heavy atom. The van der Waals surface area contributed by atoms with E-state index in [-0.39, 0.29) is 19.1 Å². The van der Waals surface area contributed by atoms with Crippen molar-refractivity contribution < 1.29 is 21.8 Å². The molecule has 1 aliphatic rings. The van der Waals surface area contributed by atoms with Gasteiger partial charge in [-0.1, -0.05) is 6.07 Å². The second-order valence-electron chi connectivity index (χ2n) is 3.93. The van der Waals surface area contributed by atoms with Gasteiger partial charge in [0, 0.05) is 13.1 Å². The van der Waals surface area contributed by atoms with Gasteiger partial charge in [0.2, 0.25) is 0 Å². The van der Waals surface area contributed by atoms with Crippen LogP contribution in [0.2, 0.25) is 0 Å². The molecule has 1 unspecified atom stereocenters. The van der Waals surface area contributed by atoms with E-state index in [1.807, 2.05) is 0 Å². The van der Waals surface area contributed by atoms with E-state index in [0.29, 0.717) is 11.4 Å². The van der Waals surface area contributed by atoms with Gasteiger partial charge in [0.1, 0.15) is 5.75 Å². The van der Waals surface area contributed by atoms with E-state index in [2.05, 4.69) is 0 Å². The van der Waals surface area contributed by atoms with E-state index in [4.69, 9.17) is 4.74 Å². The number of thiophene rings is 1. The van der Waals surface area contributed by atoms with E-state index in [0.717, 1.165) is 0 Å². The first-order valence-corrected chi connectivity index (χ1v) is 7.75. The first-order valence-electron chi connectivity index (χ1n) is 5.32. The fraction of sp³-hybridized carbons (Fsp3) is 0.500. The van der Waals surface area contributed by atoms with Crippen molar-refractivity contribution in [3.63, 3.8) is 0 Å². The topological polar surface area (TPSA) is 63.7 Å². The van der Waals surface area contributed by atoms with Crippen molar-refractivity contribution in [2.75, 3.05) is 25.4 Å². The van der Waals surface area contributed by atoms with Gasteiger partial charge in [0.15, 0.2) is 0 Å². The van der Waals surface area contributed by atoms with Crippen molar-refractivity contribution in [3.8, 4) is 0 Å². The summed E-state index contributed by atoms with van der Waals surface area (Å²) >= 11 is 1.31. The van der Waals surface area contributed by atoms with Crippen LogP contribution in [-0.2, 0) is 15.0 Å². The summed E-state index contributed by atoms with van der Waals surface area (Å²) in [5, 5.41) is 1.79. The summed E-state index contributed by atoms with van der Waals surface area (Å²) in [5.41, 5.74) is 0. The van der Waals surface area contributed by atoms with Crippen LogP contribution in [0.15, 0.2) is 17.5 Å². The number of hydrogen-bond acceptors (Lipinski definition) is 5. The molecular formula is C10H12FNO4S2. The average Bonchev–Trinajstić information content (AvgIpc) is 2.79. The maximum absolute atomic E-state index is 12.6. The lowest BCUT2D eigenvalue weighted by atomic mass is 10.3. The molecule has 0 aliphatic carbocycles. The average molecular weight is 293 g/mol. The van der Waals surface area contributed by atoms with Gasteiger partial charge in [-0.2, -0.15) is 8.42 Å². The molecule has 0 spiro atoms. The number of nitrogens with zero attached hydrogens (tertiary/aromatic N) is 1. The van der Waals surface area contributed by atoms with Crippen molar-refractivity contribution in [2.24, 2.45) is 0 Å². The number of amides is 1. The molecule has 8 heteroatoms. The van der Waals surface area contributed by atoms with Gasteiger partial charge in [0.05, 0.1) is 17.6 Å². The molecule has 0 aromatic carbocycles. The van der Waals surface area contributed by atoms with E-state index in [1.165, 1.54) is 16.2 Å². The quantitative estimate of drug-likeness (QED) is 0.776. The Bertz CT molecular complexity index is 514. The van der Waals surface area contributed by atoms with Crippen LogP contribution in [0, 0.1) is 0 Å². The maximum atomic E-state index is 12.6. The third-order valence-corrected chi connectivity index (χ3v) is 4.17. The highest BCUT2D eigenvalue weighted by Crippen LogP contribution is 2.15. The molecule has 1 fully saturated rings. The highest BCUT2D eigenvalue weighted by molar-refractivity contribution is 7.86. The summed E-state index contributed by atoms with van der Waals surface area (Å²) in [6, 6.07) is 3.46. The first-order chi connectivity index (χ1) is 8.46. The molecule has 0 radical (unpaired) electrons. The van der Waals surface area contributed by atoms with Gasteiger partial charge in [0.25, 0.3) is 5.91 Å².